The second-order valence-electron chi connectivity index (χ2n) is 10.6. The van der Waals surface area contributed by atoms with Gasteiger partial charge < -0.3 is 5.32 Å². The van der Waals surface area contributed by atoms with Crippen molar-refractivity contribution in [2.75, 3.05) is 18.4 Å². The lowest BCUT2D eigenvalue weighted by atomic mass is 9.83. The predicted molar refractivity (Wildman–Crippen MR) is 130 cm³/mol. The van der Waals surface area contributed by atoms with Crippen molar-refractivity contribution in [3.8, 4) is 0 Å². The molecule has 0 bridgehead atoms. The molecule has 1 aliphatic heterocycles. The first-order valence-electron chi connectivity index (χ1n) is 12.8. The number of carbonyl (C=O) groups excluding carboxylic acids is 2. The third kappa shape index (κ3) is 5.45. The highest BCUT2D eigenvalue weighted by Gasteiger charge is 2.59. The molecule has 7 heteroatoms. The first-order valence-corrected chi connectivity index (χ1v) is 12.8. The van der Waals surface area contributed by atoms with E-state index in [4.69, 9.17) is 0 Å². The molecule has 186 valence electrons. The number of fused-ring (bicyclic) bond motifs is 1. The van der Waals surface area contributed by atoms with E-state index >= 15 is 0 Å². The summed E-state index contributed by atoms with van der Waals surface area (Å²) in [5, 5.41) is 2.65. The lowest BCUT2D eigenvalue weighted by molar-refractivity contribution is -0.124. The van der Waals surface area contributed by atoms with E-state index in [-0.39, 0.29) is 36.0 Å². The van der Waals surface area contributed by atoms with Crippen molar-refractivity contribution in [3.05, 3.63) is 59.9 Å². The Kier molecular flexibility index (Phi) is 6.71. The first kappa shape index (κ1) is 24.0. The van der Waals surface area contributed by atoms with Crippen molar-refractivity contribution in [2.24, 2.45) is 17.8 Å². The normalized spacial score (nSPS) is 28.4. The third-order valence-electron chi connectivity index (χ3n) is 8.16. The Labute approximate surface area is 205 Å². The number of halogens is 2. The number of aromatic nitrogens is 1. The van der Waals surface area contributed by atoms with Gasteiger partial charge >= 0.3 is 0 Å². The molecule has 2 saturated carbocycles. The van der Waals surface area contributed by atoms with Gasteiger partial charge in [-0.15, -0.1) is 0 Å². The van der Waals surface area contributed by atoms with Crippen molar-refractivity contribution in [1.29, 1.82) is 0 Å². The number of rotatable bonds is 8. The number of ketones is 1. The summed E-state index contributed by atoms with van der Waals surface area (Å²) in [6.45, 7) is 2.81. The predicted octanol–water partition coefficient (Wildman–Crippen LogP) is 5.39. The molecule has 2 aromatic rings. The van der Waals surface area contributed by atoms with Crippen LogP contribution in [-0.2, 0) is 15.5 Å². The van der Waals surface area contributed by atoms with Gasteiger partial charge in [-0.3, -0.25) is 19.5 Å². The van der Waals surface area contributed by atoms with Crippen LogP contribution in [0.4, 0.5) is 14.5 Å². The molecular weight excluding hydrogens is 448 g/mol. The van der Waals surface area contributed by atoms with Crippen LogP contribution in [0.15, 0.2) is 48.7 Å². The summed E-state index contributed by atoms with van der Waals surface area (Å²) in [6, 6.07) is 12.5. The molecule has 3 fully saturated rings. The summed E-state index contributed by atoms with van der Waals surface area (Å²) < 4.78 is 27.0. The quantitative estimate of drug-likeness (QED) is 0.550. The van der Waals surface area contributed by atoms with Gasteiger partial charge in [0.15, 0.2) is 0 Å². The minimum absolute atomic E-state index is 0.0861. The molecule has 0 spiro atoms. The molecule has 2 heterocycles. The Morgan fingerprint density at radius 1 is 1.03 bits per heavy atom. The van der Waals surface area contributed by atoms with Crippen molar-refractivity contribution in [1.82, 2.24) is 9.88 Å². The average molecular weight is 482 g/mol. The summed E-state index contributed by atoms with van der Waals surface area (Å²) in [4.78, 5) is 32.1. The zero-order valence-electron chi connectivity index (χ0n) is 20.1. The number of benzene rings is 1. The van der Waals surface area contributed by atoms with Crippen molar-refractivity contribution in [2.45, 2.75) is 63.3 Å². The van der Waals surface area contributed by atoms with Crippen LogP contribution < -0.4 is 5.32 Å². The number of carbonyl (C=O) groups is 2. The Hall–Kier alpha value is -2.67. The van der Waals surface area contributed by atoms with E-state index in [1.165, 1.54) is 49.6 Å². The molecule has 5 rings (SSSR count). The minimum Gasteiger partial charge on any atom is -0.326 e. The molecule has 1 aromatic heterocycles. The first-order chi connectivity index (χ1) is 16.8. The maximum atomic E-state index is 13.5. The number of nitrogens with one attached hydrogen (secondary N) is 1. The van der Waals surface area contributed by atoms with E-state index < -0.39 is 5.92 Å². The van der Waals surface area contributed by atoms with E-state index in [2.05, 4.69) is 27.3 Å². The number of hydrogen-bond acceptors (Lipinski definition) is 4. The number of anilines is 1. The van der Waals surface area contributed by atoms with Gasteiger partial charge in [0.2, 0.25) is 5.91 Å². The lowest BCUT2D eigenvalue weighted by Gasteiger charge is -2.35. The summed E-state index contributed by atoms with van der Waals surface area (Å²) in [5.74, 6) is -1.59. The minimum atomic E-state index is -2.97. The zero-order chi connectivity index (χ0) is 24.6. The van der Waals surface area contributed by atoms with Gasteiger partial charge in [0, 0.05) is 73.9 Å². The Bertz CT molecular complexity index is 1050. The van der Waals surface area contributed by atoms with E-state index in [9.17, 15) is 18.4 Å². The van der Waals surface area contributed by atoms with E-state index in [0.29, 0.717) is 29.5 Å². The summed E-state index contributed by atoms with van der Waals surface area (Å²) in [6.07, 6.45) is 6.88. The third-order valence-corrected chi connectivity index (χ3v) is 8.16. The van der Waals surface area contributed by atoms with E-state index in [1.54, 1.807) is 6.07 Å². The lowest BCUT2D eigenvalue weighted by Crippen LogP contribution is -2.38. The van der Waals surface area contributed by atoms with Crippen LogP contribution in [0.2, 0.25) is 0 Å². The van der Waals surface area contributed by atoms with Crippen molar-refractivity contribution < 1.29 is 18.4 Å². The maximum absolute atomic E-state index is 13.5. The molecule has 1 N–H and O–H groups in total. The monoisotopic (exact) mass is 481 g/mol. The molecule has 1 aromatic carbocycles. The highest BCUT2D eigenvalue weighted by Crippen LogP contribution is 2.54. The molecule has 1 saturated heterocycles. The largest absolute Gasteiger partial charge is 0.326 e. The fourth-order valence-electron chi connectivity index (χ4n) is 6.19. The van der Waals surface area contributed by atoms with Gasteiger partial charge in [-0.25, -0.2) is 8.78 Å². The molecule has 35 heavy (non-hydrogen) atoms. The fourth-order valence-corrected chi connectivity index (χ4v) is 6.19. The number of pyridine rings is 1. The Morgan fingerprint density at radius 3 is 2.43 bits per heavy atom. The summed E-state index contributed by atoms with van der Waals surface area (Å²) >= 11 is 0. The number of piperidine rings is 1. The van der Waals surface area contributed by atoms with E-state index in [0.717, 1.165) is 20.0 Å². The molecule has 5 nitrogen and oxygen atoms in total. The topological polar surface area (TPSA) is 62.3 Å². The van der Waals surface area contributed by atoms with Gasteiger partial charge in [-0.2, -0.15) is 0 Å². The van der Waals surface area contributed by atoms with Gasteiger partial charge in [0.05, 0.1) is 0 Å². The molecule has 0 radical (unpaired) electrons. The molecule has 3 atom stereocenters. The average Bonchev–Trinajstić information content (AvgIpc) is 3.36. The number of alkyl halides is 2. The zero-order valence-corrected chi connectivity index (χ0v) is 20.1. The van der Waals surface area contributed by atoms with Crippen LogP contribution in [0.5, 0.6) is 0 Å². The van der Waals surface area contributed by atoms with Crippen molar-refractivity contribution >= 4 is 17.4 Å². The number of Topliss-reactive ketones (excluding diaryl/α,β-unsaturated/α-hetero) is 1. The summed E-state index contributed by atoms with van der Waals surface area (Å²) in [5.41, 5.74) is 1.39. The van der Waals surface area contributed by atoms with Gasteiger partial charge in [-0.1, -0.05) is 18.2 Å². The molecule has 2 aliphatic carbocycles. The van der Waals surface area contributed by atoms with Crippen LogP contribution in [0, 0.1) is 17.8 Å². The smallest absolute Gasteiger partial charge is 0.270 e. The molecular formula is C28H33F2N3O2. The highest BCUT2D eigenvalue weighted by atomic mass is 19.3. The second kappa shape index (κ2) is 9.76. The molecule has 3 aliphatic rings. The summed E-state index contributed by atoms with van der Waals surface area (Å²) in [7, 11) is 0. The van der Waals surface area contributed by atoms with Crippen LogP contribution in [-0.4, -0.2) is 40.7 Å². The van der Waals surface area contributed by atoms with Gasteiger partial charge in [0.1, 0.15) is 5.78 Å². The maximum Gasteiger partial charge on any atom is 0.270 e. The standard InChI is InChI=1S/C28H33F2N3O2/c1-28(29,30)19-5-4-6-20(15-19)32-26(35)13-12-25(34)27-22-16-33(17-23(22)27)21-10-8-18(9-11-21)24-7-2-3-14-31-24/h2-7,14-15,18,21-23,27H,8-13,16-17H2,1H3,(H,32,35)/t18?,21?,22-,23+,27?. The van der Waals surface area contributed by atoms with E-state index in [1.807, 2.05) is 12.3 Å². The number of nitrogens with zero attached hydrogens (tertiary/aromatic N) is 2. The van der Waals surface area contributed by atoms with Crippen molar-refractivity contribution in [3.63, 3.8) is 0 Å². The molecule has 1 amide bonds. The number of likely N-dealkylation sites (tertiary alicyclic amines) is 1. The SMILES string of the molecule is CC(F)(F)c1cccc(NC(=O)CCC(=O)C2[C@H]3CN(C4CCC(c5ccccn5)CC4)C[C@@H]23)c1. The fraction of sp³-hybridized carbons (Fsp3) is 0.536. The highest BCUT2D eigenvalue weighted by molar-refractivity contribution is 5.94. The number of hydrogen-bond donors (Lipinski definition) is 1. The Balaban J connectivity index is 1.03. The van der Waals surface area contributed by atoms with Crippen LogP contribution in [0.3, 0.4) is 0 Å². The second-order valence-corrected chi connectivity index (χ2v) is 10.6. The van der Waals surface area contributed by atoms with Gasteiger partial charge in [0.25, 0.3) is 5.92 Å². The van der Waals surface area contributed by atoms with Gasteiger partial charge in [-0.05, 0) is 61.8 Å². The van der Waals surface area contributed by atoms with Crippen LogP contribution >= 0.6 is 0 Å². The molecule has 1 unspecified atom stereocenters. The van der Waals surface area contributed by atoms with Crippen LogP contribution in [0.1, 0.15) is 62.6 Å². The Morgan fingerprint density at radius 2 is 1.77 bits per heavy atom. The number of amides is 1. The van der Waals surface area contributed by atoms with Crippen LogP contribution in [0.25, 0.3) is 0 Å².